The Bertz CT molecular complexity index is 941. The summed E-state index contributed by atoms with van der Waals surface area (Å²) in [6.07, 6.45) is 5.79. The van der Waals surface area contributed by atoms with Crippen LogP contribution in [0.1, 0.15) is 16.7 Å². The van der Waals surface area contributed by atoms with Crippen molar-refractivity contribution in [3.63, 3.8) is 0 Å². The number of phenols is 1. The highest BCUT2D eigenvalue weighted by Crippen LogP contribution is 2.21. The molecule has 1 heterocycles. The van der Waals surface area contributed by atoms with E-state index in [1.165, 1.54) is 6.21 Å². The highest BCUT2D eigenvalue weighted by atomic mass is 16.3. The zero-order valence-electron chi connectivity index (χ0n) is 13.7. The van der Waals surface area contributed by atoms with Crippen LogP contribution in [-0.2, 0) is 17.6 Å². The van der Waals surface area contributed by atoms with Crippen molar-refractivity contribution in [2.24, 2.45) is 5.10 Å². The van der Waals surface area contributed by atoms with E-state index in [1.54, 1.807) is 12.1 Å². The molecule has 0 unspecified atom stereocenters. The lowest BCUT2D eigenvalue weighted by Gasteiger charge is -2.04. The lowest BCUT2D eigenvalue weighted by Crippen LogP contribution is -2.19. The largest absolute Gasteiger partial charge is 0.507 e. The molecule has 25 heavy (non-hydrogen) atoms. The number of phenolic OH excluding ortho intramolecular Hbond substituents is 1. The first-order valence-corrected chi connectivity index (χ1v) is 7.97. The van der Waals surface area contributed by atoms with E-state index in [0.29, 0.717) is 12.0 Å². The number of allylic oxidation sites excluding steroid dienone is 1. The molecular formula is C20H19N3O2. The van der Waals surface area contributed by atoms with Crippen LogP contribution in [0.3, 0.4) is 0 Å². The summed E-state index contributed by atoms with van der Waals surface area (Å²) in [5, 5.41) is 15.1. The lowest BCUT2D eigenvalue weighted by molar-refractivity contribution is -0.120. The van der Waals surface area contributed by atoms with Crippen molar-refractivity contribution in [2.45, 2.75) is 12.8 Å². The number of nitrogens with zero attached hydrogens (tertiary/aromatic N) is 1. The molecule has 0 spiro atoms. The highest BCUT2D eigenvalue weighted by molar-refractivity contribution is 5.90. The number of aromatic amines is 1. The molecule has 3 rings (SSSR count). The topological polar surface area (TPSA) is 77.5 Å². The van der Waals surface area contributed by atoms with E-state index in [4.69, 9.17) is 0 Å². The van der Waals surface area contributed by atoms with E-state index in [0.717, 1.165) is 22.0 Å². The molecule has 0 aliphatic carbocycles. The number of hydrogen-bond donors (Lipinski definition) is 3. The van der Waals surface area contributed by atoms with Gasteiger partial charge in [0, 0.05) is 22.7 Å². The minimum absolute atomic E-state index is 0.150. The van der Waals surface area contributed by atoms with Crippen molar-refractivity contribution in [1.29, 1.82) is 0 Å². The number of aromatic hydroxyl groups is 1. The molecule has 0 saturated carbocycles. The van der Waals surface area contributed by atoms with Gasteiger partial charge in [0.1, 0.15) is 5.75 Å². The Kier molecular flexibility index (Phi) is 4.95. The number of carbonyl (C=O) groups is 1. The van der Waals surface area contributed by atoms with E-state index < -0.39 is 0 Å². The van der Waals surface area contributed by atoms with Crippen LogP contribution in [-0.4, -0.2) is 22.2 Å². The first-order chi connectivity index (χ1) is 12.2. The molecule has 0 atom stereocenters. The molecule has 0 radical (unpaired) electrons. The zero-order chi connectivity index (χ0) is 17.6. The third kappa shape index (κ3) is 3.77. The molecule has 0 saturated heterocycles. The van der Waals surface area contributed by atoms with Crippen molar-refractivity contribution in [1.82, 2.24) is 10.4 Å². The first kappa shape index (κ1) is 16.5. The van der Waals surface area contributed by atoms with Gasteiger partial charge in [-0.15, -0.1) is 6.58 Å². The van der Waals surface area contributed by atoms with Gasteiger partial charge in [-0.25, -0.2) is 5.43 Å². The van der Waals surface area contributed by atoms with Gasteiger partial charge in [0.05, 0.1) is 12.6 Å². The lowest BCUT2D eigenvalue weighted by atomic mass is 10.1. The molecule has 126 valence electrons. The van der Waals surface area contributed by atoms with Gasteiger partial charge in [-0.3, -0.25) is 4.79 Å². The fourth-order valence-electron chi connectivity index (χ4n) is 2.70. The van der Waals surface area contributed by atoms with Crippen LogP contribution in [0, 0.1) is 0 Å². The number of nitrogens with one attached hydrogen (secondary N) is 2. The molecular weight excluding hydrogens is 314 g/mol. The maximum absolute atomic E-state index is 12.1. The minimum Gasteiger partial charge on any atom is -0.507 e. The quantitative estimate of drug-likeness (QED) is 0.368. The van der Waals surface area contributed by atoms with Gasteiger partial charge >= 0.3 is 0 Å². The third-order valence-electron chi connectivity index (χ3n) is 3.93. The smallest absolute Gasteiger partial charge is 0.244 e. The van der Waals surface area contributed by atoms with Crippen molar-refractivity contribution >= 4 is 23.0 Å². The summed E-state index contributed by atoms with van der Waals surface area (Å²) in [4.78, 5) is 15.2. The van der Waals surface area contributed by atoms with E-state index in [-0.39, 0.29) is 18.1 Å². The fraction of sp³-hybridized carbons (Fsp3) is 0.100. The Balaban J connectivity index is 1.65. The summed E-state index contributed by atoms with van der Waals surface area (Å²) in [5.41, 5.74) is 5.73. The van der Waals surface area contributed by atoms with Gasteiger partial charge in [-0.2, -0.15) is 5.10 Å². The van der Waals surface area contributed by atoms with E-state index in [1.807, 2.05) is 42.6 Å². The normalized spacial score (nSPS) is 11.0. The summed E-state index contributed by atoms with van der Waals surface area (Å²) in [5.74, 6) is -0.0697. The van der Waals surface area contributed by atoms with Gasteiger partial charge in [-0.05, 0) is 29.7 Å². The Labute approximate surface area is 145 Å². The van der Waals surface area contributed by atoms with E-state index >= 15 is 0 Å². The molecule has 3 aromatic rings. The maximum Gasteiger partial charge on any atom is 0.244 e. The average Bonchev–Trinajstić information content (AvgIpc) is 3.01. The number of amides is 1. The summed E-state index contributed by atoms with van der Waals surface area (Å²) in [6, 6.07) is 13.2. The van der Waals surface area contributed by atoms with E-state index in [9.17, 15) is 9.90 Å². The number of fused-ring (bicyclic) bond motifs is 1. The van der Waals surface area contributed by atoms with Gasteiger partial charge < -0.3 is 10.1 Å². The predicted octanol–water partition coefficient (Wildman–Crippen LogP) is 3.29. The van der Waals surface area contributed by atoms with Crippen molar-refractivity contribution in [2.75, 3.05) is 0 Å². The van der Waals surface area contributed by atoms with Gasteiger partial charge in [0.15, 0.2) is 0 Å². The number of carbonyl (C=O) groups excluding carboxylic acids is 1. The summed E-state index contributed by atoms with van der Waals surface area (Å²) in [7, 11) is 0. The van der Waals surface area contributed by atoms with Crippen LogP contribution >= 0.6 is 0 Å². The highest BCUT2D eigenvalue weighted by Gasteiger charge is 2.08. The maximum atomic E-state index is 12.1. The molecule has 3 N–H and O–H groups in total. The van der Waals surface area contributed by atoms with Crippen LogP contribution in [0.5, 0.6) is 5.75 Å². The first-order valence-electron chi connectivity index (χ1n) is 7.97. The van der Waals surface area contributed by atoms with Crippen molar-refractivity contribution in [3.05, 3.63) is 78.0 Å². The second-order valence-electron chi connectivity index (χ2n) is 5.68. The van der Waals surface area contributed by atoms with Crippen LogP contribution in [0.2, 0.25) is 0 Å². The molecule has 0 bridgehead atoms. The van der Waals surface area contributed by atoms with Gasteiger partial charge in [0.25, 0.3) is 0 Å². The number of aromatic nitrogens is 1. The summed E-state index contributed by atoms with van der Waals surface area (Å²) < 4.78 is 0. The van der Waals surface area contributed by atoms with E-state index in [2.05, 4.69) is 22.1 Å². The van der Waals surface area contributed by atoms with Crippen LogP contribution in [0.15, 0.2) is 66.4 Å². The number of rotatable bonds is 6. The van der Waals surface area contributed by atoms with Gasteiger partial charge in [-0.1, -0.05) is 36.4 Å². The molecule has 2 aromatic carbocycles. The molecule has 1 aromatic heterocycles. The molecule has 0 aliphatic heterocycles. The summed E-state index contributed by atoms with van der Waals surface area (Å²) in [6.45, 7) is 3.66. The molecule has 0 aliphatic rings. The van der Waals surface area contributed by atoms with Crippen LogP contribution in [0.4, 0.5) is 0 Å². The molecule has 5 heteroatoms. The Morgan fingerprint density at radius 3 is 2.88 bits per heavy atom. The predicted molar refractivity (Wildman–Crippen MR) is 99.7 cm³/mol. The molecule has 1 amide bonds. The number of para-hydroxylation sites is 2. The van der Waals surface area contributed by atoms with Crippen LogP contribution < -0.4 is 5.43 Å². The molecule has 0 fully saturated rings. The Morgan fingerprint density at radius 1 is 1.20 bits per heavy atom. The number of hydrazone groups is 1. The second-order valence-corrected chi connectivity index (χ2v) is 5.68. The standard InChI is InChI=1S/C20H19N3O2/c1-2-6-14-7-5-8-15(20(14)25)13-22-23-19(24)11-16-12-21-18-10-4-3-9-17(16)18/h2-5,7-10,12-13,21,25H,1,6,11H2,(H,23,24). The third-order valence-corrected chi connectivity index (χ3v) is 3.93. The number of benzene rings is 2. The van der Waals surface area contributed by atoms with Gasteiger partial charge in [0.2, 0.25) is 5.91 Å². The monoisotopic (exact) mass is 333 g/mol. The molecule has 5 nitrogen and oxygen atoms in total. The van der Waals surface area contributed by atoms with Crippen molar-refractivity contribution in [3.8, 4) is 5.75 Å². The zero-order valence-corrected chi connectivity index (χ0v) is 13.7. The number of H-pyrrole nitrogens is 1. The second kappa shape index (κ2) is 7.49. The summed E-state index contributed by atoms with van der Waals surface area (Å²) >= 11 is 0. The Morgan fingerprint density at radius 2 is 2.04 bits per heavy atom. The SMILES string of the molecule is C=CCc1cccc(C=NNC(=O)Cc2c[nH]c3ccccc23)c1O. The fourth-order valence-corrected chi connectivity index (χ4v) is 2.70. The Hall–Kier alpha value is -3.34. The minimum atomic E-state index is -0.220. The van der Waals surface area contributed by atoms with Crippen LogP contribution in [0.25, 0.3) is 10.9 Å². The van der Waals surface area contributed by atoms with Crippen molar-refractivity contribution < 1.29 is 9.90 Å². The number of hydrogen-bond acceptors (Lipinski definition) is 3. The average molecular weight is 333 g/mol.